The van der Waals surface area contributed by atoms with Crippen LogP contribution in [0.5, 0.6) is 0 Å². The van der Waals surface area contributed by atoms with Crippen molar-refractivity contribution in [3.63, 3.8) is 0 Å². The van der Waals surface area contributed by atoms with Crippen molar-refractivity contribution in [1.29, 1.82) is 0 Å². The number of hydrogen-bond donors (Lipinski definition) is 0. The van der Waals surface area contributed by atoms with Gasteiger partial charge >= 0.3 is 24.1 Å². The number of hydrogen-bond acceptors (Lipinski definition) is 5. The fourth-order valence-corrected chi connectivity index (χ4v) is 5.61. The Morgan fingerprint density at radius 1 is 0.622 bits per heavy atom. The first-order valence-corrected chi connectivity index (χ1v) is 14.2. The van der Waals surface area contributed by atoms with Crippen LogP contribution in [0.4, 0.5) is 35.1 Å². The fraction of sp³-hybridized carbons (Fsp3) is 0.385. The summed E-state index contributed by atoms with van der Waals surface area (Å²) in [6.07, 6.45) is -11.7. The molecule has 7 nitrogen and oxygen atoms in total. The van der Waals surface area contributed by atoms with Gasteiger partial charge in [0, 0.05) is 57.9 Å². The van der Waals surface area contributed by atoms with Gasteiger partial charge in [0.25, 0.3) is 0 Å². The largest absolute Gasteiger partial charge is 0.424 e. The van der Waals surface area contributed by atoms with E-state index in [0.717, 1.165) is 46.8 Å². The third-order valence-electron chi connectivity index (χ3n) is 6.67. The Hall–Kier alpha value is -2.72. The van der Waals surface area contributed by atoms with E-state index in [1.165, 1.54) is 24.3 Å². The van der Waals surface area contributed by atoms with Gasteiger partial charge in [-0.1, -0.05) is 58.5 Å². The van der Waals surface area contributed by atoms with Crippen LogP contribution in [0, 0.1) is 0 Å². The van der Waals surface area contributed by atoms with Crippen LogP contribution in [-0.4, -0.2) is 53.6 Å². The van der Waals surface area contributed by atoms with E-state index in [2.05, 4.69) is 24.9 Å². The van der Waals surface area contributed by atoms with Crippen LogP contribution in [0.1, 0.15) is 35.8 Å². The van der Waals surface area contributed by atoms with Crippen LogP contribution < -0.4 is 0 Å². The third-order valence-corrected chi connectivity index (χ3v) is 7.79. The van der Waals surface area contributed by atoms with E-state index in [4.69, 9.17) is 46.4 Å². The first-order chi connectivity index (χ1) is 20.9. The minimum absolute atomic E-state index is 0.0903. The minimum atomic E-state index is -6.10. The van der Waals surface area contributed by atoms with Crippen molar-refractivity contribution in [2.45, 2.75) is 61.8 Å². The molecule has 2 aromatic heterocycles. The average molecular weight is 726 g/mol. The first-order valence-electron chi connectivity index (χ1n) is 12.7. The van der Waals surface area contributed by atoms with Crippen molar-refractivity contribution in [2.75, 3.05) is 0 Å². The number of benzene rings is 2. The fourth-order valence-electron chi connectivity index (χ4n) is 4.48. The van der Waals surface area contributed by atoms with Gasteiger partial charge in [-0.05, 0) is 35.4 Å². The lowest BCUT2D eigenvalue weighted by atomic mass is 9.91. The number of rotatable bonds is 14. The van der Waals surface area contributed by atoms with E-state index in [1.807, 2.05) is 0 Å². The molecule has 2 aromatic carbocycles. The SMILES string of the molecule is FC(F)(C[C@@H](Cn1cncn1)c1ccc(Cl)cc1Cl)C(F)(F)OC(F)(F)C(F)(F)C[C@@H](Cn1cncn1)c1ccc(Cl)cc1Cl. The molecule has 4 rings (SSSR count). The Kier molecular flexibility index (Phi) is 10.6. The molecule has 19 heteroatoms. The summed E-state index contributed by atoms with van der Waals surface area (Å²) >= 11 is 23.9. The summed E-state index contributed by atoms with van der Waals surface area (Å²) in [4.78, 5) is 7.27. The summed E-state index contributed by atoms with van der Waals surface area (Å²) in [6, 6.07) is 7.11. The monoisotopic (exact) mass is 724 g/mol. The maximum absolute atomic E-state index is 15.1. The van der Waals surface area contributed by atoms with Crippen molar-refractivity contribution >= 4 is 46.4 Å². The lowest BCUT2D eigenvalue weighted by Crippen LogP contribution is -2.54. The lowest BCUT2D eigenvalue weighted by Gasteiger charge is -2.35. The highest BCUT2D eigenvalue weighted by molar-refractivity contribution is 6.35. The first kappa shape index (κ1) is 35.1. The van der Waals surface area contributed by atoms with E-state index >= 15 is 17.6 Å². The minimum Gasteiger partial charge on any atom is -0.252 e. The van der Waals surface area contributed by atoms with Crippen molar-refractivity contribution < 1.29 is 39.9 Å². The molecule has 0 aliphatic carbocycles. The van der Waals surface area contributed by atoms with Crippen LogP contribution in [0.2, 0.25) is 20.1 Å². The van der Waals surface area contributed by atoms with Crippen molar-refractivity contribution in [2.24, 2.45) is 0 Å². The molecule has 0 radical (unpaired) electrons. The van der Waals surface area contributed by atoms with Crippen molar-refractivity contribution in [3.05, 3.63) is 92.9 Å². The summed E-state index contributed by atoms with van der Waals surface area (Å²) in [5.74, 6) is -14.1. The highest BCUT2D eigenvalue weighted by Gasteiger charge is 2.69. The zero-order chi connectivity index (χ0) is 33.2. The van der Waals surface area contributed by atoms with Crippen LogP contribution in [0.15, 0.2) is 61.7 Å². The summed E-state index contributed by atoms with van der Waals surface area (Å²) in [6.45, 7) is -1.04. The van der Waals surface area contributed by atoms with E-state index in [9.17, 15) is 17.6 Å². The normalized spacial score (nSPS) is 14.5. The van der Waals surface area contributed by atoms with E-state index < -0.39 is 61.8 Å². The smallest absolute Gasteiger partial charge is 0.252 e. The molecule has 2 heterocycles. The van der Waals surface area contributed by atoms with Gasteiger partial charge in [-0.3, -0.25) is 9.36 Å². The molecule has 45 heavy (non-hydrogen) atoms. The molecule has 2 atom stereocenters. The third kappa shape index (κ3) is 8.36. The number of halogens is 12. The molecular weight excluding hydrogens is 706 g/mol. The second-order valence-corrected chi connectivity index (χ2v) is 11.6. The van der Waals surface area contributed by atoms with Crippen molar-refractivity contribution in [1.82, 2.24) is 29.5 Å². The van der Waals surface area contributed by atoms with Gasteiger partial charge in [0.1, 0.15) is 25.3 Å². The molecule has 0 unspecified atom stereocenters. The highest BCUT2D eigenvalue weighted by Crippen LogP contribution is 2.51. The van der Waals surface area contributed by atoms with Crippen LogP contribution in [-0.2, 0) is 17.8 Å². The average Bonchev–Trinajstić information content (AvgIpc) is 3.61. The lowest BCUT2D eigenvalue weighted by molar-refractivity contribution is -0.469. The van der Waals surface area contributed by atoms with Crippen LogP contribution >= 0.6 is 46.4 Å². The Morgan fingerprint density at radius 3 is 1.31 bits per heavy atom. The molecule has 0 amide bonds. The predicted octanol–water partition coefficient (Wildman–Crippen LogP) is 9.00. The number of ether oxygens (including phenoxy) is 1. The predicted molar refractivity (Wildman–Crippen MR) is 149 cm³/mol. The molecule has 0 saturated heterocycles. The van der Waals surface area contributed by atoms with Crippen molar-refractivity contribution in [3.8, 4) is 0 Å². The number of alkyl halides is 8. The number of aromatic nitrogens is 6. The molecule has 0 saturated carbocycles. The molecule has 0 bridgehead atoms. The van der Waals surface area contributed by atoms with Gasteiger partial charge in [-0.25, -0.2) is 14.7 Å². The molecule has 0 fully saturated rings. The standard InChI is InChI=1S/C26H20Cl4F8N6O/c27-17-1-3-19(21(29)5-17)15(9-43-13-39-11-41-43)7-23(31,32)25(35,36)45-26(37,38)24(33,34)8-16(10-44-14-40-12-42-44)20-4-2-18(28)6-22(20)30/h1-6,11-16H,7-10H2/t15-,16-/m0/s1. The van der Waals surface area contributed by atoms with Crippen LogP contribution in [0.3, 0.4) is 0 Å². The Balaban J connectivity index is 1.59. The van der Waals surface area contributed by atoms with Gasteiger partial charge < -0.3 is 0 Å². The maximum atomic E-state index is 15.1. The van der Waals surface area contributed by atoms with Gasteiger partial charge in [0.2, 0.25) is 0 Å². The van der Waals surface area contributed by atoms with E-state index in [-0.39, 0.29) is 31.2 Å². The van der Waals surface area contributed by atoms with Gasteiger partial charge in [-0.15, -0.1) is 0 Å². The summed E-state index contributed by atoms with van der Waals surface area (Å²) in [7, 11) is 0. The zero-order valence-corrected chi connectivity index (χ0v) is 25.4. The molecule has 0 aliphatic heterocycles. The Morgan fingerprint density at radius 2 is 1.00 bits per heavy atom. The Labute approximate surface area is 270 Å². The highest BCUT2D eigenvalue weighted by atomic mass is 35.5. The number of nitrogens with zero attached hydrogens (tertiary/aromatic N) is 6. The molecule has 244 valence electrons. The molecule has 4 aromatic rings. The summed E-state index contributed by atoms with van der Waals surface area (Å²) < 4.78 is 125. The van der Waals surface area contributed by atoms with Gasteiger partial charge in [-0.2, -0.15) is 45.3 Å². The molecular formula is C26H20Cl4F8N6O. The second kappa shape index (κ2) is 13.6. The zero-order valence-electron chi connectivity index (χ0n) is 22.4. The molecule has 0 aliphatic rings. The van der Waals surface area contributed by atoms with E-state index in [1.54, 1.807) is 0 Å². The summed E-state index contributed by atoms with van der Waals surface area (Å²) in [5.41, 5.74) is -0.250. The van der Waals surface area contributed by atoms with Gasteiger partial charge in [0.05, 0.1) is 0 Å². The summed E-state index contributed by atoms with van der Waals surface area (Å²) in [5, 5.41) is 7.23. The molecule has 0 spiro atoms. The topological polar surface area (TPSA) is 70.7 Å². The van der Waals surface area contributed by atoms with Gasteiger partial charge in [0.15, 0.2) is 0 Å². The Bertz CT molecular complexity index is 1460. The quantitative estimate of drug-likeness (QED) is 0.121. The molecule has 0 N–H and O–H groups in total. The maximum Gasteiger partial charge on any atom is 0.424 e. The van der Waals surface area contributed by atoms with E-state index in [0.29, 0.717) is 0 Å². The second-order valence-electron chi connectivity index (χ2n) is 9.91. The van der Waals surface area contributed by atoms with Crippen LogP contribution in [0.25, 0.3) is 0 Å².